The number of carbonyl (C=O) groups excluding carboxylic acids is 2. The Morgan fingerprint density at radius 3 is 2.31 bits per heavy atom. The Kier molecular flexibility index (Phi) is 9.16. The van der Waals surface area contributed by atoms with Gasteiger partial charge in [0.15, 0.2) is 0 Å². The van der Waals surface area contributed by atoms with Crippen molar-refractivity contribution in [3.63, 3.8) is 0 Å². The maximum atomic E-state index is 13.4. The molecule has 3 rings (SSSR count). The van der Waals surface area contributed by atoms with Gasteiger partial charge in [-0.3, -0.25) is 9.59 Å². The largest absolute Gasteiger partial charge is 0.352 e. The zero-order valence-electron chi connectivity index (χ0n) is 19.3. The van der Waals surface area contributed by atoms with Crippen molar-refractivity contribution >= 4 is 23.4 Å². The van der Waals surface area contributed by atoms with E-state index in [0.29, 0.717) is 30.8 Å². The van der Waals surface area contributed by atoms with Gasteiger partial charge in [0.25, 0.3) is 0 Å². The SMILES string of the molecule is CCc1ccc(CCC(=O)N(Cc2ccccc2Cl)[C@@H](CC)C(=O)NC2CCCC2)cc1. The lowest BCUT2D eigenvalue weighted by molar-refractivity contribution is -0.141. The van der Waals surface area contributed by atoms with Crippen molar-refractivity contribution in [3.8, 4) is 0 Å². The quantitative estimate of drug-likeness (QED) is 0.500. The Hall–Kier alpha value is -2.33. The first-order chi connectivity index (χ1) is 15.5. The van der Waals surface area contributed by atoms with Crippen LogP contribution in [-0.4, -0.2) is 28.8 Å². The van der Waals surface area contributed by atoms with Gasteiger partial charge in [0.05, 0.1) is 0 Å². The van der Waals surface area contributed by atoms with Gasteiger partial charge in [0, 0.05) is 24.0 Å². The second-order valence-corrected chi connectivity index (χ2v) is 9.10. The first-order valence-corrected chi connectivity index (χ1v) is 12.3. The van der Waals surface area contributed by atoms with Crippen LogP contribution in [0.4, 0.5) is 0 Å². The highest BCUT2D eigenvalue weighted by Gasteiger charge is 2.30. The fourth-order valence-corrected chi connectivity index (χ4v) is 4.63. The maximum Gasteiger partial charge on any atom is 0.243 e. The monoisotopic (exact) mass is 454 g/mol. The van der Waals surface area contributed by atoms with Gasteiger partial charge < -0.3 is 10.2 Å². The number of hydrogen-bond donors (Lipinski definition) is 1. The highest BCUT2D eigenvalue weighted by atomic mass is 35.5. The summed E-state index contributed by atoms with van der Waals surface area (Å²) < 4.78 is 0. The van der Waals surface area contributed by atoms with Crippen molar-refractivity contribution in [2.75, 3.05) is 0 Å². The number of nitrogens with zero attached hydrogens (tertiary/aromatic N) is 1. The van der Waals surface area contributed by atoms with Crippen LogP contribution in [0.5, 0.6) is 0 Å². The van der Waals surface area contributed by atoms with Crippen molar-refractivity contribution in [1.82, 2.24) is 10.2 Å². The minimum atomic E-state index is -0.498. The molecule has 1 saturated carbocycles. The summed E-state index contributed by atoms with van der Waals surface area (Å²) in [6.07, 6.45) is 6.94. The van der Waals surface area contributed by atoms with Gasteiger partial charge >= 0.3 is 0 Å². The van der Waals surface area contributed by atoms with Crippen molar-refractivity contribution in [3.05, 3.63) is 70.2 Å². The van der Waals surface area contributed by atoms with E-state index in [2.05, 4.69) is 36.5 Å². The Bertz CT molecular complexity index is 891. The van der Waals surface area contributed by atoms with Crippen LogP contribution in [-0.2, 0) is 29.0 Å². The van der Waals surface area contributed by atoms with Crippen LogP contribution >= 0.6 is 11.6 Å². The van der Waals surface area contributed by atoms with E-state index < -0.39 is 6.04 Å². The van der Waals surface area contributed by atoms with Crippen molar-refractivity contribution in [2.24, 2.45) is 0 Å². The summed E-state index contributed by atoms with van der Waals surface area (Å²) in [6, 6.07) is 15.7. The lowest BCUT2D eigenvalue weighted by Gasteiger charge is -2.32. The smallest absolute Gasteiger partial charge is 0.243 e. The third-order valence-electron chi connectivity index (χ3n) is 6.44. The van der Waals surface area contributed by atoms with Gasteiger partial charge in [-0.15, -0.1) is 0 Å². The van der Waals surface area contributed by atoms with Gasteiger partial charge in [-0.2, -0.15) is 0 Å². The Morgan fingerprint density at radius 2 is 1.69 bits per heavy atom. The van der Waals surface area contributed by atoms with Gasteiger partial charge in [0.1, 0.15) is 6.04 Å². The molecule has 1 fully saturated rings. The predicted octanol–water partition coefficient (Wildman–Crippen LogP) is 5.70. The number of nitrogens with one attached hydrogen (secondary N) is 1. The van der Waals surface area contributed by atoms with E-state index in [4.69, 9.17) is 11.6 Å². The van der Waals surface area contributed by atoms with Crippen molar-refractivity contribution in [1.29, 1.82) is 0 Å². The molecule has 0 aromatic heterocycles. The standard InChI is InChI=1S/C27H35ClN2O2/c1-3-20-13-15-21(16-14-20)17-18-26(31)30(19-22-9-5-8-12-24(22)28)25(4-2)27(32)29-23-10-6-7-11-23/h5,8-9,12-16,23,25H,3-4,6-7,10-11,17-19H2,1-2H3,(H,29,32)/t25-/m0/s1. The molecule has 1 N–H and O–H groups in total. The van der Waals surface area contributed by atoms with Crippen molar-refractivity contribution in [2.45, 2.75) is 83.8 Å². The highest BCUT2D eigenvalue weighted by Crippen LogP contribution is 2.22. The second kappa shape index (κ2) is 12.1. The third kappa shape index (κ3) is 6.59. The molecule has 2 aromatic rings. The molecule has 2 amide bonds. The molecule has 4 nitrogen and oxygen atoms in total. The summed E-state index contributed by atoms with van der Waals surface area (Å²) in [5.41, 5.74) is 3.29. The molecule has 1 aliphatic carbocycles. The first-order valence-electron chi connectivity index (χ1n) is 11.9. The van der Waals surface area contributed by atoms with Gasteiger partial charge in [-0.25, -0.2) is 0 Å². The third-order valence-corrected chi connectivity index (χ3v) is 6.81. The number of aryl methyl sites for hydroxylation is 2. The minimum Gasteiger partial charge on any atom is -0.352 e. The molecule has 1 aliphatic rings. The van der Waals surface area contributed by atoms with Crippen LogP contribution in [0.25, 0.3) is 0 Å². The fraction of sp³-hybridized carbons (Fsp3) is 0.481. The molecular weight excluding hydrogens is 420 g/mol. The molecule has 0 spiro atoms. The lowest BCUT2D eigenvalue weighted by atomic mass is 10.0. The number of hydrogen-bond acceptors (Lipinski definition) is 2. The Balaban J connectivity index is 1.75. The summed E-state index contributed by atoms with van der Waals surface area (Å²) in [6.45, 7) is 4.44. The highest BCUT2D eigenvalue weighted by molar-refractivity contribution is 6.31. The van der Waals surface area contributed by atoms with Crippen LogP contribution in [0, 0.1) is 0 Å². The average molecular weight is 455 g/mol. The van der Waals surface area contributed by atoms with E-state index in [0.717, 1.165) is 43.2 Å². The molecule has 0 aliphatic heterocycles. The Morgan fingerprint density at radius 1 is 1.03 bits per heavy atom. The molecule has 0 bridgehead atoms. The normalized spacial score (nSPS) is 14.8. The number of carbonyl (C=O) groups is 2. The second-order valence-electron chi connectivity index (χ2n) is 8.70. The molecule has 172 valence electrons. The van der Waals surface area contributed by atoms with E-state index in [1.807, 2.05) is 31.2 Å². The van der Waals surface area contributed by atoms with Gasteiger partial charge in [0.2, 0.25) is 11.8 Å². The summed E-state index contributed by atoms with van der Waals surface area (Å²) >= 11 is 6.40. The molecule has 32 heavy (non-hydrogen) atoms. The number of benzene rings is 2. The predicted molar refractivity (Wildman–Crippen MR) is 131 cm³/mol. The zero-order chi connectivity index (χ0) is 22.9. The molecule has 1 atom stereocenters. The zero-order valence-corrected chi connectivity index (χ0v) is 20.0. The van der Waals surface area contributed by atoms with Crippen LogP contribution in [0.2, 0.25) is 5.02 Å². The first kappa shape index (κ1) is 24.3. The summed E-state index contributed by atoms with van der Waals surface area (Å²) in [5.74, 6) is -0.0648. The number of amides is 2. The average Bonchev–Trinajstić information content (AvgIpc) is 3.32. The number of halogens is 1. The maximum absolute atomic E-state index is 13.4. The molecule has 0 radical (unpaired) electrons. The van der Waals surface area contributed by atoms with E-state index in [1.165, 1.54) is 5.56 Å². The van der Waals surface area contributed by atoms with E-state index in [1.54, 1.807) is 4.90 Å². The Labute approximate surface area is 197 Å². The molecule has 0 heterocycles. The topological polar surface area (TPSA) is 49.4 Å². The van der Waals surface area contributed by atoms with Crippen LogP contribution in [0.15, 0.2) is 48.5 Å². The van der Waals surface area contributed by atoms with E-state index in [9.17, 15) is 9.59 Å². The van der Waals surface area contributed by atoms with E-state index >= 15 is 0 Å². The fourth-order valence-electron chi connectivity index (χ4n) is 4.43. The molecule has 5 heteroatoms. The molecule has 0 saturated heterocycles. The summed E-state index contributed by atoms with van der Waals surface area (Å²) in [5, 5.41) is 3.80. The van der Waals surface area contributed by atoms with Crippen LogP contribution in [0.3, 0.4) is 0 Å². The minimum absolute atomic E-state index is 0.0158. The van der Waals surface area contributed by atoms with E-state index in [-0.39, 0.29) is 17.9 Å². The van der Waals surface area contributed by atoms with Gasteiger partial charge in [-0.1, -0.05) is 80.8 Å². The summed E-state index contributed by atoms with van der Waals surface area (Å²) in [7, 11) is 0. The lowest BCUT2D eigenvalue weighted by Crippen LogP contribution is -2.51. The van der Waals surface area contributed by atoms with Crippen molar-refractivity contribution < 1.29 is 9.59 Å². The van der Waals surface area contributed by atoms with Crippen LogP contribution in [0.1, 0.15) is 69.1 Å². The molecule has 2 aromatic carbocycles. The molecule has 0 unspecified atom stereocenters. The van der Waals surface area contributed by atoms with Gasteiger partial charge in [-0.05, 0) is 54.9 Å². The number of rotatable bonds is 10. The summed E-state index contributed by atoms with van der Waals surface area (Å²) in [4.78, 5) is 28.3. The molecular formula is C27H35ClN2O2. The van der Waals surface area contributed by atoms with Crippen LogP contribution < -0.4 is 5.32 Å².